The molecule has 0 unspecified atom stereocenters. The zero-order chi connectivity index (χ0) is 11.8. The number of methoxy groups -OCH3 is 1. The Labute approximate surface area is 105 Å². The van der Waals surface area contributed by atoms with E-state index in [0.29, 0.717) is 6.61 Å². The van der Waals surface area contributed by atoms with Gasteiger partial charge in [-0.2, -0.15) is 0 Å². The van der Waals surface area contributed by atoms with E-state index in [9.17, 15) is 0 Å². The molecule has 0 aliphatic heterocycles. The topological polar surface area (TPSA) is 30.5 Å². The Kier molecular flexibility index (Phi) is 6.45. The van der Waals surface area contributed by atoms with Crippen molar-refractivity contribution >= 4 is 15.9 Å². The van der Waals surface area contributed by atoms with Crippen LogP contribution in [0.25, 0.3) is 0 Å². The normalized spacial score (nSPS) is 10.4. The van der Waals surface area contributed by atoms with Crippen LogP contribution < -0.4 is 10.1 Å². The van der Waals surface area contributed by atoms with Crippen LogP contribution >= 0.6 is 15.9 Å². The van der Waals surface area contributed by atoms with Crippen molar-refractivity contribution in [2.75, 3.05) is 27.4 Å². The number of ether oxygens (including phenoxy) is 2. The van der Waals surface area contributed by atoms with Gasteiger partial charge in [0.1, 0.15) is 5.75 Å². The minimum absolute atomic E-state index is 0.674. The molecule has 0 saturated carbocycles. The average molecular weight is 288 g/mol. The Hall–Kier alpha value is -0.580. The first-order valence-corrected chi connectivity index (χ1v) is 6.12. The summed E-state index contributed by atoms with van der Waals surface area (Å²) in [7, 11) is 3.63. The average Bonchev–Trinajstić information content (AvgIpc) is 2.28. The van der Waals surface area contributed by atoms with Gasteiger partial charge in [0.2, 0.25) is 0 Å². The lowest BCUT2D eigenvalue weighted by Gasteiger charge is -2.12. The summed E-state index contributed by atoms with van der Waals surface area (Å²) in [5.41, 5.74) is 1.16. The van der Waals surface area contributed by atoms with Crippen LogP contribution in [0.1, 0.15) is 12.0 Å². The molecule has 0 aromatic heterocycles. The molecule has 0 aliphatic rings. The second kappa shape index (κ2) is 7.65. The molecule has 3 nitrogen and oxygen atoms in total. The lowest BCUT2D eigenvalue weighted by atomic mass is 10.2. The maximum atomic E-state index is 5.76. The van der Waals surface area contributed by atoms with Gasteiger partial charge in [0.15, 0.2) is 0 Å². The van der Waals surface area contributed by atoms with Crippen molar-refractivity contribution in [3.8, 4) is 5.75 Å². The van der Waals surface area contributed by atoms with Gasteiger partial charge in [-0.15, -0.1) is 0 Å². The van der Waals surface area contributed by atoms with Crippen LogP contribution in [-0.2, 0) is 11.3 Å². The summed E-state index contributed by atoms with van der Waals surface area (Å²) in [6, 6.07) is 6.07. The summed E-state index contributed by atoms with van der Waals surface area (Å²) >= 11 is 3.50. The third kappa shape index (κ3) is 4.12. The predicted molar refractivity (Wildman–Crippen MR) is 68.9 cm³/mol. The van der Waals surface area contributed by atoms with Gasteiger partial charge in [-0.05, 0) is 29.0 Å². The molecule has 0 fully saturated rings. The maximum Gasteiger partial charge on any atom is 0.137 e. The lowest BCUT2D eigenvalue weighted by Crippen LogP contribution is -2.09. The zero-order valence-electron chi connectivity index (χ0n) is 9.75. The predicted octanol–water partition coefficient (Wildman–Crippen LogP) is 2.58. The molecule has 16 heavy (non-hydrogen) atoms. The number of halogens is 1. The fraction of sp³-hybridized carbons (Fsp3) is 0.500. The highest BCUT2D eigenvalue weighted by Crippen LogP contribution is 2.29. The van der Waals surface area contributed by atoms with Crippen LogP contribution in [0.15, 0.2) is 22.7 Å². The van der Waals surface area contributed by atoms with E-state index in [4.69, 9.17) is 9.47 Å². The number of rotatable bonds is 7. The molecule has 0 heterocycles. The Balaban J connectivity index is 2.61. The highest BCUT2D eigenvalue weighted by atomic mass is 79.9. The Morgan fingerprint density at radius 2 is 2.12 bits per heavy atom. The van der Waals surface area contributed by atoms with Gasteiger partial charge in [0, 0.05) is 32.2 Å². The molecular weight excluding hydrogens is 270 g/mol. The number of hydrogen-bond donors (Lipinski definition) is 1. The second-order valence-corrected chi connectivity index (χ2v) is 4.31. The van der Waals surface area contributed by atoms with E-state index in [-0.39, 0.29) is 0 Å². The van der Waals surface area contributed by atoms with Gasteiger partial charge >= 0.3 is 0 Å². The van der Waals surface area contributed by atoms with Gasteiger partial charge in [0.05, 0.1) is 11.1 Å². The quantitative estimate of drug-likeness (QED) is 0.782. The highest BCUT2D eigenvalue weighted by Gasteiger charge is 2.06. The van der Waals surface area contributed by atoms with E-state index in [2.05, 4.69) is 27.3 Å². The van der Waals surface area contributed by atoms with Crippen LogP contribution in [0.2, 0.25) is 0 Å². The molecule has 1 N–H and O–H groups in total. The monoisotopic (exact) mass is 287 g/mol. The molecule has 1 aromatic rings. The summed E-state index contributed by atoms with van der Waals surface area (Å²) in [5, 5.41) is 3.13. The van der Waals surface area contributed by atoms with Crippen molar-refractivity contribution in [2.45, 2.75) is 13.0 Å². The van der Waals surface area contributed by atoms with Crippen molar-refractivity contribution in [3.05, 3.63) is 28.2 Å². The first-order valence-electron chi connectivity index (χ1n) is 5.33. The van der Waals surface area contributed by atoms with Crippen molar-refractivity contribution in [3.63, 3.8) is 0 Å². The molecule has 4 heteroatoms. The highest BCUT2D eigenvalue weighted by molar-refractivity contribution is 9.10. The molecule has 0 amide bonds. The molecule has 0 spiro atoms. The van der Waals surface area contributed by atoms with E-state index in [1.165, 1.54) is 0 Å². The minimum atomic E-state index is 0.674. The van der Waals surface area contributed by atoms with Gasteiger partial charge in [-0.25, -0.2) is 0 Å². The molecule has 90 valence electrons. The third-order valence-electron chi connectivity index (χ3n) is 2.15. The first-order chi connectivity index (χ1) is 7.79. The van der Waals surface area contributed by atoms with Gasteiger partial charge in [-0.3, -0.25) is 0 Å². The zero-order valence-corrected chi connectivity index (χ0v) is 11.3. The molecule has 0 radical (unpaired) electrons. The molecule has 1 rings (SSSR count). The first kappa shape index (κ1) is 13.5. The van der Waals surface area contributed by atoms with Crippen molar-refractivity contribution in [1.29, 1.82) is 0 Å². The molecule has 1 aromatic carbocycles. The smallest absolute Gasteiger partial charge is 0.137 e. The Bertz CT molecular complexity index is 318. The van der Waals surface area contributed by atoms with Crippen molar-refractivity contribution in [1.82, 2.24) is 5.32 Å². The summed E-state index contributed by atoms with van der Waals surface area (Å²) in [5.74, 6) is 0.924. The summed E-state index contributed by atoms with van der Waals surface area (Å²) in [6.07, 6.45) is 0.900. The number of hydrogen-bond acceptors (Lipinski definition) is 3. The standard InChI is InChI=1S/C12H18BrNO2/c1-14-9-10-5-3-6-11(13)12(10)16-8-4-7-15-2/h3,5-6,14H,4,7-9H2,1-2H3. The summed E-state index contributed by atoms with van der Waals surface area (Å²) in [4.78, 5) is 0. The molecular formula is C12H18BrNO2. The SMILES string of the molecule is CNCc1cccc(Br)c1OCCCOC. The van der Waals surface area contributed by atoms with E-state index in [1.54, 1.807) is 7.11 Å². The van der Waals surface area contributed by atoms with E-state index >= 15 is 0 Å². The maximum absolute atomic E-state index is 5.76. The molecule has 0 aliphatic carbocycles. The lowest BCUT2D eigenvalue weighted by molar-refractivity contribution is 0.171. The summed E-state index contributed by atoms with van der Waals surface area (Å²) < 4.78 is 11.7. The van der Waals surface area contributed by atoms with Crippen LogP contribution in [0.3, 0.4) is 0 Å². The van der Waals surface area contributed by atoms with Gasteiger partial charge < -0.3 is 14.8 Å². The Morgan fingerprint density at radius 1 is 1.31 bits per heavy atom. The fourth-order valence-corrected chi connectivity index (χ4v) is 1.94. The fourth-order valence-electron chi connectivity index (χ4n) is 1.42. The van der Waals surface area contributed by atoms with E-state index < -0.39 is 0 Å². The van der Waals surface area contributed by atoms with Crippen LogP contribution in [0, 0.1) is 0 Å². The largest absolute Gasteiger partial charge is 0.492 e. The van der Waals surface area contributed by atoms with Crippen LogP contribution in [0.4, 0.5) is 0 Å². The molecule has 0 atom stereocenters. The number of para-hydroxylation sites is 1. The van der Waals surface area contributed by atoms with Gasteiger partial charge in [-0.1, -0.05) is 12.1 Å². The summed E-state index contributed by atoms with van der Waals surface area (Å²) in [6.45, 7) is 2.21. The van der Waals surface area contributed by atoms with Crippen LogP contribution in [-0.4, -0.2) is 27.4 Å². The number of benzene rings is 1. The molecule has 0 bridgehead atoms. The van der Waals surface area contributed by atoms with E-state index in [0.717, 1.165) is 35.4 Å². The molecule has 0 saturated heterocycles. The van der Waals surface area contributed by atoms with Crippen LogP contribution in [0.5, 0.6) is 5.75 Å². The van der Waals surface area contributed by atoms with Gasteiger partial charge in [0.25, 0.3) is 0 Å². The van der Waals surface area contributed by atoms with Crippen molar-refractivity contribution < 1.29 is 9.47 Å². The number of nitrogens with one attached hydrogen (secondary N) is 1. The Morgan fingerprint density at radius 3 is 2.81 bits per heavy atom. The minimum Gasteiger partial charge on any atom is -0.492 e. The third-order valence-corrected chi connectivity index (χ3v) is 2.78. The second-order valence-electron chi connectivity index (χ2n) is 3.45. The van der Waals surface area contributed by atoms with E-state index in [1.807, 2.05) is 19.2 Å². The van der Waals surface area contributed by atoms with Crippen molar-refractivity contribution in [2.24, 2.45) is 0 Å².